The number of amidine groups is 1. The van der Waals surface area contributed by atoms with Crippen molar-refractivity contribution in [1.82, 2.24) is 5.32 Å². The van der Waals surface area contributed by atoms with Gasteiger partial charge in [-0.25, -0.2) is 0 Å². The lowest BCUT2D eigenvalue weighted by Crippen LogP contribution is -2.26. The lowest BCUT2D eigenvalue weighted by Gasteiger charge is -2.18. The van der Waals surface area contributed by atoms with Gasteiger partial charge in [0.2, 0.25) is 5.91 Å². The van der Waals surface area contributed by atoms with Crippen molar-refractivity contribution in [2.24, 2.45) is 10.2 Å². The number of nitrogens with one attached hydrogen (secondary N) is 1. The number of amides is 1. The summed E-state index contributed by atoms with van der Waals surface area (Å²) in [6.07, 6.45) is 1.27. The number of benzene rings is 1. The summed E-state index contributed by atoms with van der Waals surface area (Å²) in [7, 11) is 0. The fraction of sp³-hybridized carbons (Fsp3) is 0.286. The first-order valence-electron chi connectivity index (χ1n) is 6.82. The topological polar surface area (TPSA) is 110 Å². The number of carboxylic acid groups (broad SMARTS) is 1. The number of aliphatic carboxylic acids is 1. The normalized spacial score (nSPS) is 21.7. The van der Waals surface area contributed by atoms with Crippen LogP contribution in [0.3, 0.4) is 0 Å². The molecular formula is C14H13N3O5S. The van der Waals surface area contributed by atoms with Gasteiger partial charge in [-0.2, -0.15) is 5.10 Å². The van der Waals surface area contributed by atoms with E-state index in [9.17, 15) is 9.59 Å². The van der Waals surface area contributed by atoms with E-state index in [1.807, 2.05) is 6.07 Å². The number of hydrogen-bond donors (Lipinski definition) is 2. The summed E-state index contributed by atoms with van der Waals surface area (Å²) >= 11 is 1.06. The molecule has 8 nitrogen and oxygen atoms in total. The predicted octanol–water partition coefficient (Wildman–Crippen LogP) is 0.854. The Bertz CT molecular complexity index is 704. The molecule has 1 saturated heterocycles. The van der Waals surface area contributed by atoms with Crippen LogP contribution < -0.4 is 14.8 Å². The van der Waals surface area contributed by atoms with Crippen LogP contribution in [0.1, 0.15) is 12.0 Å². The van der Waals surface area contributed by atoms with E-state index >= 15 is 0 Å². The lowest BCUT2D eigenvalue weighted by atomic mass is 10.2. The van der Waals surface area contributed by atoms with E-state index in [1.54, 1.807) is 12.1 Å². The summed E-state index contributed by atoms with van der Waals surface area (Å²) in [6.45, 7) is 1.03. The van der Waals surface area contributed by atoms with Crippen molar-refractivity contribution in [3.05, 3.63) is 23.8 Å². The van der Waals surface area contributed by atoms with Crippen molar-refractivity contribution in [2.45, 2.75) is 11.7 Å². The van der Waals surface area contributed by atoms with E-state index in [4.69, 9.17) is 14.6 Å². The average molecular weight is 335 g/mol. The minimum absolute atomic E-state index is 0.249. The average Bonchev–Trinajstić information content (AvgIpc) is 2.86. The molecule has 0 bridgehead atoms. The molecule has 23 heavy (non-hydrogen) atoms. The molecule has 1 atom stereocenters. The van der Waals surface area contributed by atoms with Gasteiger partial charge in [0.05, 0.1) is 12.6 Å². The molecule has 9 heteroatoms. The van der Waals surface area contributed by atoms with Gasteiger partial charge in [0.1, 0.15) is 18.5 Å². The molecule has 2 heterocycles. The molecular weight excluding hydrogens is 322 g/mol. The van der Waals surface area contributed by atoms with E-state index in [1.165, 1.54) is 6.21 Å². The quantitative estimate of drug-likeness (QED) is 0.624. The Hall–Kier alpha value is -2.55. The van der Waals surface area contributed by atoms with Crippen LogP contribution in [0.2, 0.25) is 0 Å². The van der Waals surface area contributed by atoms with Gasteiger partial charge < -0.3 is 19.9 Å². The summed E-state index contributed by atoms with van der Waals surface area (Å²) in [4.78, 5) is 22.2. The predicted molar refractivity (Wildman–Crippen MR) is 84.2 cm³/mol. The van der Waals surface area contributed by atoms with Gasteiger partial charge in [0, 0.05) is 0 Å². The minimum Gasteiger partial charge on any atom is -0.486 e. The van der Waals surface area contributed by atoms with Crippen LogP contribution in [0.4, 0.5) is 0 Å². The summed E-state index contributed by atoms with van der Waals surface area (Å²) < 4.78 is 10.9. The SMILES string of the molecule is O=C(O)CC1S/C(=N/N=C/c2ccc3c(c2)OCCO3)NC1=O. The monoisotopic (exact) mass is 335 g/mol. The van der Waals surface area contributed by atoms with Gasteiger partial charge in [0.15, 0.2) is 16.7 Å². The third-order valence-corrected chi connectivity index (χ3v) is 4.13. The number of hydrogen-bond acceptors (Lipinski definition) is 7. The Morgan fingerprint density at radius 1 is 1.39 bits per heavy atom. The molecule has 2 aliphatic rings. The standard InChI is InChI=1S/C14H13N3O5S/c18-12(19)6-11-13(20)16-14(23-11)17-15-7-8-1-2-9-10(5-8)22-4-3-21-9/h1-2,5,7,11H,3-4,6H2,(H,18,19)(H,16,17,20)/b15-7+. The third kappa shape index (κ3) is 3.81. The van der Waals surface area contributed by atoms with Gasteiger partial charge in [-0.1, -0.05) is 11.8 Å². The number of nitrogens with zero attached hydrogens (tertiary/aromatic N) is 2. The van der Waals surface area contributed by atoms with Crippen molar-refractivity contribution >= 4 is 35.0 Å². The highest BCUT2D eigenvalue weighted by atomic mass is 32.2. The fourth-order valence-corrected chi connectivity index (χ4v) is 2.95. The summed E-state index contributed by atoms with van der Waals surface area (Å²) in [5.41, 5.74) is 0.773. The van der Waals surface area contributed by atoms with E-state index in [2.05, 4.69) is 15.5 Å². The lowest BCUT2D eigenvalue weighted by molar-refractivity contribution is -0.138. The van der Waals surface area contributed by atoms with Crippen LogP contribution in [-0.2, 0) is 9.59 Å². The summed E-state index contributed by atoms with van der Waals surface area (Å²) in [5.74, 6) is -0.0582. The molecule has 2 aliphatic heterocycles. The molecule has 1 amide bonds. The number of fused-ring (bicyclic) bond motifs is 1. The molecule has 1 aromatic rings. The third-order valence-electron chi connectivity index (χ3n) is 3.06. The molecule has 1 fully saturated rings. The van der Waals surface area contributed by atoms with Crippen molar-refractivity contribution in [3.63, 3.8) is 0 Å². The van der Waals surface area contributed by atoms with Crippen LogP contribution in [0.5, 0.6) is 11.5 Å². The Kier molecular flexibility index (Phi) is 4.47. The first-order valence-corrected chi connectivity index (χ1v) is 7.70. The Labute approximate surface area is 135 Å². The van der Waals surface area contributed by atoms with Gasteiger partial charge in [-0.15, -0.1) is 5.10 Å². The largest absolute Gasteiger partial charge is 0.486 e. The zero-order valence-corrected chi connectivity index (χ0v) is 12.7. The molecule has 120 valence electrons. The highest BCUT2D eigenvalue weighted by molar-refractivity contribution is 8.15. The van der Waals surface area contributed by atoms with Gasteiger partial charge >= 0.3 is 5.97 Å². The van der Waals surface area contributed by atoms with E-state index < -0.39 is 11.2 Å². The Balaban J connectivity index is 1.64. The highest BCUT2D eigenvalue weighted by Crippen LogP contribution is 2.30. The number of thioether (sulfide) groups is 1. The molecule has 0 radical (unpaired) electrons. The maximum absolute atomic E-state index is 11.6. The van der Waals surface area contributed by atoms with Crippen LogP contribution in [-0.4, -0.2) is 46.8 Å². The van der Waals surface area contributed by atoms with Crippen LogP contribution >= 0.6 is 11.8 Å². The van der Waals surface area contributed by atoms with E-state index in [0.717, 1.165) is 17.3 Å². The van der Waals surface area contributed by atoms with Gasteiger partial charge in [0.25, 0.3) is 0 Å². The number of carboxylic acids is 1. The molecule has 2 N–H and O–H groups in total. The minimum atomic E-state index is -1.03. The number of rotatable bonds is 4. The zero-order chi connectivity index (χ0) is 16.2. The highest BCUT2D eigenvalue weighted by Gasteiger charge is 2.32. The zero-order valence-electron chi connectivity index (χ0n) is 11.9. The molecule has 3 rings (SSSR count). The number of carbonyl (C=O) groups is 2. The van der Waals surface area contributed by atoms with Gasteiger partial charge in [-0.05, 0) is 23.8 Å². The van der Waals surface area contributed by atoms with E-state index in [-0.39, 0.29) is 17.5 Å². The van der Waals surface area contributed by atoms with E-state index in [0.29, 0.717) is 24.7 Å². The van der Waals surface area contributed by atoms with Crippen molar-refractivity contribution in [1.29, 1.82) is 0 Å². The molecule has 0 spiro atoms. The molecule has 0 saturated carbocycles. The second kappa shape index (κ2) is 6.69. The van der Waals surface area contributed by atoms with Crippen LogP contribution in [0, 0.1) is 0 Å². The maximum atomic E-state index is 11.6. The Morgan fingerprint density at radius 3 is 2.96 bits per heavy atom. The molecule has 0 aromatic heterocycles. The molecule has 1 unspecified atom stereocenters. The second-order valence-corrected chi connectivity index (χ2v) is 5.94. The van der Waals surface area contributed by atoms with Crippen LogP contribution in [0.25, 0.3) is 0 Å². The summed E-state index contributed by atoms with van der Waals surface area (Å²) in [5, 5.41) is 18.6. The van der Waals surface area contributed by atoms with Crippen molar-refractivity contribution in [2.75, 3.05) is 13.2 Å². The molecule has 0 aliphatic carbocycles. The fourth-order valence-electron chi connectivity index (χ4n) is 2.03. The van der Waals surface area contributed by atoms with Crippen LogP contribution in [0.15, 0.2) is 28.4 Å². The first-order chi connectivity index (χ1) is 11.1. The Morgan fingerprint density at radius 2 is 2.17 bits per heavy atom. The van der Waals surface area contributed by atoms with Crippen molar-refractivity contribution < 1.29 is 24.2 Å². The number of carbonyl (C=O) groups excluding carboxylic acids is 1. The van der Waals surface area contributed by atoms with Gasteiger partial charge in [-0.3, -0.25) is 9.59 Å². The van der Waals surface area contributed by atoms with Crippen molar-refractivity contribution in [3.8, 4) is 11.5 Å². The summed E-state index contributed by atoms with van der Waals surface area (Å²) in [6, 6.07) is 5.38. The molecule has 1 aromatic carbocycles. The smallest absolute Gasteiger partial charge is 0.305 e. The number of ether oxygens (including phenoxy) is 2. The second-order valence-electron chi connectivity index (χ2n) is 4.75. The first kappa shape index (κ1) is 15.3. The maximum Gasteiger partial charge on any atom is 0.305 e.